The monoisotopic (exact) mass is 595 g/mol. The average Bonchev–Trinajstić information content (AvgIpc) is 2.91. The van der Waals surface area contributed by atoms with Crippen molar-refractivity contribution in [2.45, 2.75) is 10.9 Å². The number of ether oxygens (including phenoxy) is 1. The zero-order chi connectivity index (χ0) is 29.1. The smallest absolute Gasteiger partial charge is 0.263 e. The van der Waals surface area contributed by atoms with E-state index in [-0.39, 0.29) is 29.0 Å². The molecule has 0 unspecified atom stereocenters. The number of benzene rings is 3. The van der Waals surface area contributed by atoms with E-state index in [1.54, 1.807) is 48.5 Å². The van der Waals surface area contributed by atoms with Gasteiger partial charge in [-0.15, -0.1) is 0 Å². The van der Waals surface area contributed by atoms with Crippen LogP contribution in [0.3, 0.4) is 0 Å². The summed E-state index contributed by atoms with van der Waals surface area (Å²) in [6, 6.07) is 18.6. The summed E-state index contributed by atoms with van der Waals surface area (Å²) in [5, 5.41) is 6.26. The summed E-state index contributed by atoms with van der Waals surface area (Å²) in [5.74, 6) is 0.466. The zero-order valence-corrected chi connectivity index (χ0v) is 24.3. The number of nitrogens with zero attached hydrogens (tertiary/aromatic N) is 4. The van der Waals surface area contributed by atoms with Crippen LogP contribution in [0.25, 0.3) is 11.0 Å². The molecular weight excluding hydrogens is 566 g/mol. The van der Waals surface area contributed by atoms with Crippen LogP contribution in [0, 0.1) is 0 Å². The van der Waals surface area contributed by atoms with Gasteiger partial charge in [-0.25, -0.2) is 18.4 Å². The summed E-state index contributed by atoms with van der Waals surface area (Å²) in [6.45, 7) is 1.85. The molecule has 11 nitrogen and oxygen atoms in total. The molecular formula is C28H30ClN7O4S. The Morgan fingerprint density at radius 2 is 1.73 bits per heavy atom. The third-order valence-corrected chi connectivity index (χ3v) is 8.36. The van der Waals surface area contributed by atoms with Crippen LogP contribution in [0.2, 0.25) is 5.02 Å². The Morgan fingerprint density at radius 3 is 2.41 bits per heavy atom. The average molecular weight is 596 g/mol. The van der Waals surface area contributed by atoms with Crippen molar-refractivity contribution >= 4 is 61.6 Å². The molecule has 1 aliphatic heterocycles. The summed E-state index contributed by atoms with van der Waals surface area (Å²) in [5.41, 5.74) is 1.88. The zero-order valence-electron chi connectivity index (χ0n) is 22.8. The normalized spacial score (nSPS) is 14.1. The minimum absolute atomic E-state index is 0.0229. The van der Waals surface area contributed by atoms with E-state index in [9.17, 15) is 13.2 Å². The van der Waals surface area contributed by atoms with Gasteiger partial charge in [0.05, 0.1) is 40.3 Å². The number of fused-ring (bicyclic) bond motifs is 1. The Kier molecular flexibility index (Phi) is 8.27. The van der Waals surface area contributed by atoms with Gasteiger partial charge in [-0.05, 0) is 56.6 Å². The number of hydrogen-bond donors (Lipinski definition) is 3. The summed E-state index contributed by atoms with van der Waals surface area (Å²) in [6.07, 6.45) is 0. The molecule has 0 atom stereocenters. The number of methoxy groups -OCH3 is 1. The molecule has 0 radical (unpaired) electrons. The summed E-state index contributed by atoms with van der Waals surface area (Å²) >= 11 is 6.38. The lowest BCUT2D eigenvalue weighted by Crippen LogP contribution is -2.58. The number of hydrogen-bond acceptors (Lipinski definition) is 9. The van der Waals surface area contributed by atoms with Crippen LogP contribution >= 0.6 is 11.6 Å². The van der Waals surface area contributed by atoms with Crippen LogP contribution in [0.15, 0.2) is 71.6 Å². The lowest BCUT2D eigenvalue weighted by atomic mass is 10.1. The van der Waals surface area contributed by atoms with Crippen molar-refractivity contribution in [2.24, 2.45) is 0 Å². The predicted molar refractivity (Wildman–Crippen MR) is 161 cm³/mol. The van der Waals surface area contributed by atoms with Crippen LogP contribution in [0.4, 0.5) is 23.0 Å². The number of nitrogens with one attached hydrogen (secondary N) is 3. The maximum absolute atomic E-state index is 13.5. The van der Waals surface area contributed by atoms with Crippen LogP contribution in [0.1, 0.15) is 0 Å². The Labute approximate surface area is 243 Å². The Bertz CT molecular complexity index is 1690. The molecule has 3 N–H and O–H groups in total. The van der Waals surface area contributed by atoms with Gasteiger partial charge in [0.25, 0.3) is 10.0 Å². The Hall–Kier alpha value is -3.97. The van der Waals surface area contributed by atoms with Gasteiger partial charge in [0, 0.05) is 30.9 Å². The molecule has 1 aromatic heterocycles. The molecule has 214 valence electrons. The topological polar surface area (TPSA) is 129 Å². The highest BCUT2D eigenvalue weighted by atomic mass is 35.5. The number of likely N-dealkylation sites (tertiary alicyclic amines) is 1. The van der Waals surface area contributed by atoms with E-state index in [0.717, 1.165) is 13.1 Å². The minimum Gasteiger partial charge on any atom is -0.497 e. The van der Waals surface area contributed by atoms with Crippen LogP contribution < -0.4 is 20.1 Å². The Morgan fingerprint density at radius 1 is 1.02 bits per heavy atom. The van der Waals surface area contributed by atoms with Gasteiger partial charge < -0.3 is 20.3 Å². The Balaban J connectivity index is 1.38. The second-order valence-electron chi connectivity index (χ2n) is 9.87. The quantitative estimate of drug-likeness (QED) is 0.249. The first kappa shape index (κ1) is 28.6. The number of halogens is 1. The molecule has 0 aliphatic carbocycles. The number of likely N-dealkylation sites (N-methyl/N-ethyl adjacent to an activating group) is 1. The SMILES string of the molecule is COc1ccc(Cl)c(Nc2nc3ccccc3nc2NS(=O)(=O)c2cccc(NC(=O)CN3CC(N(C)C)C3)c2)c1. The predicted octanol–water partition coefficient (Wildman–Crippen LogP) is 4.02. The second kappa shape index (κ2) is 11.9. The van der Waals surface area contributed by atoms with Crippen molar-refractivity contribution < 1.29 is 17.9 Å². The van der Waals surface area contributed by atoms with Gasteiger partial charge in [-0.1, -0.05) is 29.8 Å². The lowest BCUT2D eigenvalue weighted by molar-refractivity contribution is -0.119. The van der Waals surface area contributed by atoms with Crippen molar-refractivity contribution in [1.29, 1.82) is 0 Å². The number of sulfonamides is 1. The van der Waals surface area contributed by atoms with E-state index >= 15 is 0 Å². The molecule has 0 bridgehead atoms. The fraction of sp³-hybridized carbons (Fsp3) is 0.250. The number of anilines is 4. The molecule has 0 spiro atoms. The molecule has 4 aromatic rings. The third-order valence-electron chi connectivity index (χ3n) is 6.69. The highest BCUT2D eigenvalue weighted by molar-refractivity contribution is 7.92. The van der Waals surface area contributed by atoms with Gasteiger partial charge in [-0.2, -0.15) is 0 Å². The third kappa shape index (κ3) is 6.68. The van der Waals surface area contributed by atoms with Gasteiger partial charge >= 0.3 is 0 Å². The molecule has 1 fully saturated rings. The maximum Gasteiger partial charge on any atom is 0.263 e. The highest BCUT2D eigenvalue weighted by Crippen LogP contribution is 2.33. The van der Waals surface area contributed by atoms with E-state index in [2.05, 4.69) is 30.2 Å². The van der Waals surface area contributed by atoms with Crippen LogP contribution in [-0.4, -0.2) is 81.0 Å². The van der Waals surface area contributed by atoms with E-state index in [1.807, 2.05) is 25.1 Å². The number of carbonyl (C=O) groups is 1. The summed E-state index contributed by atoms with van der Waals surface area (Å²) in [4.78, 5) is 25.8. The summed E-state index contributed by atoms with van der Waals surface area (Å²) in [7, 11) is 1.43. The molecule has 1 amide bonds. The number of amides is 1. The number of rotatable bonds is 10. The van der Waals surface area contributed by atoms with Crippen LogP contribution in [0.5, 0.6) is 5.75 Å². The van der Waals surface area contributed by atoms with Gasteiger partial charge in [0.1, 0.15) is 5.75 Å². The molecule has 2 heterocycles. The van der Waals surface area contributed by atoms with Gasteiger partial charge in [0.15, 0.2) is 11.6 Å². The van der Waals surface area contributed by atoms with Crippen molar-refractivity contribution in [1.82, 2.24) is 19.8 Å². The lowest BCUT2D eigenvalue weighted by Gasteiger charge is -2.42. The fourth-order valence-electron chi connectivity index (χ4n) is 4.34. The first-order chi connectivity index (χ1) is 19.6. The number of carbonyl (C=O) groups excluding carboxylic acids is 1. The number of para-hydroxylation sites is 2. The van der Waals surface area contributed by atoms with E-state index in [4.69, 9.17) is 16.3 Å². The van der Waals surface area contributed by atoms with Gasteiger partial charge in [0.2, 0.25) is 5.91 Å². The minimum atomic E-state index is -4.13. The standard InChI is InChI=1S/C28H30ClN7O4S/c1-35(2)19-15-36(16-19)17-26(37)30-18-7-6-8-21(13-18)41(38,39)34-28-27(31-23-9-4-5-10-24(23)32-28)33-25-14-20(40-3)11-12-22(25)29/h4-14,19H,15-17H2,1-3H3,(H,30,37)(H,31,33)(H,32,34). The fourth-order valence-corrected chi connectivity index (χ4v) is 5.56. The first-order valence-electron chi connectivity index (χ1n) is 12.8. The highest BCUT2D eigenvalue weighted by Gasteiger charge is 2.29. The van der Waals surface area contributed by atoms with Gasteiger partial charge in [-0.3, -0.25) is 14.4 Å². The van der Waals surface area contributed by atoms with Crippen molar-refractivity contribution in [3.63, 3.8) is 0 Å². The van der Waals surface area contributed by atoms with E-state index in [0.29, 0.717) is 39.2 Å². The second-order valence-corrected chi connectivity index (χ2v) is 12.0. The molecule has 3 aromatic carbocycles. The van der Waals surface area contributed by atoms with Crippen molar-refractivity contribution in [3.8, 4) is 5.75 Å². The van der Waals surface area contributed by atoms with E-state index < -0.39 is 10.0 Å². The van der Waals surface area contributed by atoms with Crippen molar-refractivity contribution in [3.05, 3.63) is 71.8 Å². The van der Waals surface area contributed by atoms with Crippen LogP contribution in [-0.2, 0) is 14.8 Å². The summed E-state index contributed by atoms with van der Waals surface area (Å²) < 4.78 is 34.8. The molecule has 1 aliphatic rings. The van der Waals surface area contributed by atoms with E-state index in [1.165, 1.54) is 19.2 Å². The molecule has 1 saturated heterocycles. The molecule has 13 heteroatoms. The largest absolute Gasteiger partial charge is 0.497 e. The van der Waals surface area contributed by atoms with Crippen molar-refractivity contribution in [2.75, 3.05) is 56.2 Å². The maximum atomic E-state index is 13.5. The molecule has 41 heavy (non-hydrogen) atoms. The number of aromatic nitrogens is 2. The molecule has 5 rings (SSSR count). The molecule has 0 saturated carbocycles. The first-order valence-corrected chi connectivity index (χ1v) is 14.7.